The lowest BCUT2D eigenvalue weighted by molar-refractivity contribution is -0.138. The molecule has 0 aliphatic rings. The molecule has 2 aromatic rings. The zero-order valence-corrected chi connectivity index (χ0v) is 11.2. The number of halogens is 1. The number of carbonyl (C=O) groups is 1. The summed E-state index contributed by atoms with van der Waals surface area (Å²) in [6.07, 6.45) is 0. The average molecular weight is 276 g/mol. The molecule has 0 spiro atoms. The van der Waals surface area contributed by atoms with E-state index in [2.05, 4.69) is 5.32 Å². The van der Waals surface area contributed by atoms with Gasteiger partial charge in [-0.1, -0.05) is 48.0 Å². The first-order valence-electron chi connectivity index (χ1n) is 5.89. The summed E-state index contributed by atoms with van der Waals surface area (Å²) < 4.78 is 0. The molecule has 19 heavy (non-hydrogen) atoms. The van der Waals surface area contributed by atoms with Crippen LogP contribution in [0.15, 0.2) is 48.5 Å². The van der Waals surface area contributed by atoms with Gasteiger partial charge in [0.1, 0.15) is 0 Å². The Balaban J connectivity index is 2.35. The molecule has 0 bridgehead atoms. The minimum atomic E-state index is -0.962. The molecule has 4 heteroatoms. The van der Waals surface area contributed by atoms with Gasteiger partial charge in [-0.25, -0.2) is 4.79 Å². The first kappa shape index (κ1) is 13.4. The first-order chi connectivity index (χ1) is 9.09. The minimum Gasteiger partial charge on any atom is -0.479 e. The van der Waals surface area contributed by atoms with Crippen LogP contribution in [0.25, 0.3) is 0 Å². The molecule has 98 valence electrons. The molecule has 0 saturated carbocycles. The molecular formula is C15H14ClNO2. The maximum Gasteiger partial charge on any atom is 0.330 e. The minimum absolute atomic E-state index is 0.441. The van der Waals surface area contributed by atoms with Crippen LogP contribution in [-0.4, -0.2) is 11.1 Å². The van der Waals surface area contributed by atoms with E-state index in [0.29, 0.717) is 10.6 Å². The molecule has 1 atom stereocenters. The lowest BCUT2D eigenvalue weighted by Gasteiger charge is -2.18. The largest absolute Gasteiger partial charge is 0.479 e. The van der Waals surface area contributed by atoms with Crippen LogP contribution in [0, 0.1) is 6.92 Å². The first-order valence-corrected chi connectivity index (χ1v) is 6.27. The van der Waals surface area contributed by atoms with Crippen molar-refractivity contribution in [1.82, 2.24) is 0 Å². The van der Waals surface area contributed by atoms with Crippen LogP contribution in [0.1, 0.15) is 17.2 Å². The number of hydrogen-bond donors (Lipinski definition) is 2. The fraction of sp³-hybridized carbons (Fsp3) is 0.133. The Morgan fingerprint density at radius 2 is 1.79 bits per heavy atom. The highest BCUT2D eigenvalue weighted by Gasteiger charge is 2.22. The van der Waals surface area contributed by atoms with Gasteiger partial charge >= 0.3 is 5.97 Å². The van der Waals surface area contributed by atoms with Crippen molar-refractivity contribution in [2.45, 2.75) is 13.0 Å². The number of aliphatic carboxylic acids is 1. The van der Waals surface area contributed by atoms with Gasteiger partial charge in [0.05, 0.1) is 0 Å². The van der Waals surface area contributed by atoms with Gasteiger partial charge in [-0.05, 0) is 24.6 Å². The average Bonchev–Trinajstić information content (AvgIpc) is 2.38. The fourth-order valence-corrected chi connectivity index (χ4v) is 2.12. The summed E-state index contributed by atoms with van der Waals surface area (Å²) in [5.41, 5.74) is 2.33. The topological polar surface area (TPSA) is 49.3 Å². The summed E-state index contributed by atoms with van der Waals surface area (Å²) >= 11 is 6.07. The van der Waals surface area contributed by atoms with Crippen LogP contribution in [0.2, 0.25) is 5.02 Å². The molecule has 0 saturated heterocycles. The van der Waals surface area contributed by atoms with Crippen LogP contribution in [0.3, 0.4) is 0 Å². The van der Waals surface area contributed by atoms with Gasteiger partial charge in [-0.15, -0.1) is 0 Å². The molecule has 0 fully saturated rings. The number of carboxylic acids is 1. The zero-order chi connectivity index (χ0) is 13.8. The van der Waals surface area contributed by atoms with Gasteiger partial charge < -0.3 is 10.4 Å². The number of nitrogens with one attached hydrogen (secondary N) is 1. The molecule has 0 aliphatic carbocycles. The summed E-state index contributed by atoms with van der Waals surface area (Å²) in [5, 5.41) is 12.8. The van der Waals surface area contributed by atoms with Crippen LogP contribution >= 0.6 is 11.6 Å². The van der Waals surface area contributed by atoms with Gasteiger partial charge in [0.25, 0.3) is 0 Å². The molecule has 2 aromatic carbocycles. The van der Waals surface area contributed by atoms with Crippen LogP contribution < -0.4 is 5.32 Å². The van der Waals surface area contributed by atoms with E-state index in [1.807, 2.05) is 31.2 Å². The Kier molecular flexibility index (Phi) is 4.07. The van der Waals surface area contributed by atoms with Crippen molar-refractivity contribution >= 4 is 23.3 Å². The summed E-state index contributed by atoms with van der Waals surface area (Å²) in [4.78, 5) is 11.4. The predicted molar refractivity (Wildman–Crippen MR) is 76.6 cm³/mol. The molecular weight excluding hydrogens is 262 g/mol. The lowest BCUT2D eigenvalue weighted by atomic mass is 10.1. The Morgan fingerprint density at radius 1 is 1.16 bits per heavy atom. The van der Waals surface area contributed by atoms with Gasteiger partial charge in [-0.2, -0.15) is 0 Å². The third-order valence-electron chi connectivity index (χ3n) is 2.91. The van der Waals surface area contributed by atoms with Crippen molar-refractivity contribution < 1.29 is 9.90 Å². The molecule has 0 amide bonds. The SMILES string of the molecule is Cc1ccccc1NC(C(=O)O)c1ccccc1Cl. The lowest BCUT2D eigenvalue weighted by Crippen LogP contribution is -2.21. The Labute approximate surface area is 116 Å². The predicted octanol–water partition coefficient (Wildman–Crippen LogP) is 3.89. The van der Waals surface area contributed by atoms with Crippen molar-refractivity contribution in [3.63, 3.8) is 0 Å². The molecule has 1 unspecified atom stereocenters. The van der Waals surface area contributed by atoms with E-state index in [9.17, 15) is 9.90 Å². The number of anilines is 1. The van der Waals surface area contributed by atoms with Gasteiger partial charge in [0, 0.05) is 16.3 Å². The van der Waals surface area contributed by atoms with E-state index in [4.69, 9.17) is 11.6 Å². The highest BCUT2D eigenvalue weighted by Crippen LogP contribution is 2.27. The second-order valence-corrected chi connectivity index (χ2v) is 4.66. The number of para-hydroxylation sites is 1. The van der Waals surface area contributed by atoms with Gasteiger partial charge in [-0.3, -0.25) is 0 Å². The number of hydrogen-bond acceptors (Lipinski definition) is 2. The van der Waals surface area contributed by atoms with E-state index in [1.54, 1.807) is 24.3 Å². The molecule has 3 nitrogen and oxygen atoms in total. The third kappa shape index (κ3) is 3.06. The summed E-state index contributed by atoms with van der Waals surface area (Å²) in [7, 11) is 0. The molecule has 0 aliphatic heterocycles. The van der Waals surface area contributed by atoms with E-state index in [1.165, 1.54) is 0 Å². The highest BCUT2D eigenvalue weighted by atomic mass is 35.5. The highest BCUT2D eigenvalue weighted by molar-refractivity contribution is 6.31. The Bertz CT molecular complexity index is 598. The smallest absolute Gasteiger partial charge is 0.330 e. The van der Waals surface area contributed by atoms with Gasteiger partial charge in [0.15, 0.2) is 6.04 Å². The molecule has 0 heterocycles. The number of benzene rings is 2. The number of aryl methyl sites for hydroxylation is 1. The summed E-state index contributed by atoms with van der Waals surface area (Å²) in [6, 6.07) is 13.6. The van der Waals surface area contributed by atoms with E-state index < -0.39 is 12.0 Å². The van der Waals surface area contributed by atoms with Crippen molar-refractivity contribution in [3.05, 3.63) is 64.7 Å². The summed E-state index contributed by atoms with van der Waals surface area (Å²) in [6.45, 7) is 1.92. The Hall–Kier alpha value is -2.00. The monoisotopic (exact) mass is 275 g/mol. The number of rotatable bonds is 4. The van der Waals surface area contributed by atoms with Crippen LogP contribution in [0.5, 0.6) is 0 Å². The molecule has 2 N–H and O–H groups in total. The Morgan fingerprint density at radius 3 is 2.42 bits per heavy atom. The zero-order valence-electron chi connectivity index (χ0n) is 10.4. The third-order valence-corrected chi connectivity index (χ3v) is 3.25. The van der Waals surface area contributed by atoms with E-state index in [0.717, 1.165) is 11.3 Å². The standard InChI is InChI=1S/C15H14ClNO2/c1-10-6-2-5-9-13(10)17-14(15(18)19)11-7-3-4-8-12(11)16/h2-9,14,17H,1H3,(H,18,19). The molecule has 2 rings (SSSR count). The van der Waals surface area contributed by atoms with Crippen LogP contribution in [0.4, 0.5) is 5.69 Å². The van der Waals surface area contributed by atoms with Gasteiger partial charge in [0.2, 0.25) is 0 Å². The quantitative estimate of drug-likeness (QED) is 0.890. The maximum atomic E-state index is 11.4. The van der Waals surface area contributed by atoms with Crippen molar-refractivity contribution in [1.29, 1.82) is 0 Å². The molecule has 0 aromatic heterocycles. The van der Waals surface area contributed by atoms with Crippen LogP contribution in [-0.2, 0) is 4.79 Å². The van der Waals surface area contributed by atoms with Crippen molar-refractivity contribution in [3.8, 4) is 0 Å². The van der Waals surface area contributed by atoms with Crippen molar-refractivity contribution in [2.75, 3.05) is 5.32 Å². The fourth-order valence-electron chi connectivity index (χ4n) is 1.87. The molecule has 0 radical (unpaired) electrons. The normalized spacial score (nSPS) is 11.9. The second kappa shape index (κ2) is 5.76. The summed E-state index contributed by atoms with van der Waals surface area (Å²) in [5.74, 6) is -0.962. The van der Waals surface area contributed by atoms with E-state index >= 15 is 0 Å². The second-order valence-electron chi connectivity index (χ2n) is 4.25. The maximum absolute atomic E-state index is 11.4. The van der Waals surface area contributed by atoms with Crippen molar-refractivity contribution in [2.24, 2.45) is 0 Å². The van der Waals surface area contributed by atoms with E-state index in [-0.39, 0.29) is 0 Å². The number of carboxylic acid groups (broad SMARTS) is 1.